The molecule has 0 aromatic carbocycles. The first kappa shape index (κ1) is 16.9. The lowest BCUT2D eigenvalue weighted by atomic mass is 9.82. The van der Waals surface area contributed by atoms with Gasteiger partial charge in [0.05, 0.1) is 0 Å². The van der Waals surface area contributed by atoms with Crippen LogP contribution in [0.5, 0.6) is 0 Å². The molecule has 1 aliphatic rings. The SMILES string of the molecule is CC(CNS(=O)(=O)c1cc(CNC2CC2)cs1)C(C)(C)C. The van der Waals surface area contributed by atoms with Gasteiger partial charge in [0.25, 0.3) is 0 Å². The minimum absolute atomic E-state index is 0.0946. The third-order valence-electron chi connectivity index (χ3n) is 4.12. The molecule has 0 spiro atoms. The van der Waals surface area contributed by atoms with Gasteiger partial charge in [0.2, 0.25) is 10.0 Å². The molecular weight excluding hydrogens is 304 g/mol. The first-order valence-corrected chi connectivity index (χ1v) is 9.85. The van der Waals surface area contributed by atoms with Crippen LogP contribution in [0.1, 0.15) is 46.1 Å². The topological polar surface area (TPSA) is 58.2 Å². The second-order valence-corrected chi connectivity index (χ2v) is 9.95. The quantitative estimate of drug-likeness (QED) is 0.808. The second-order valence-electron chi connectivity index (χ2n) is 7.05. The minimum Gasteiger partial charge on any atom is -0.310 e. The molecule has 0 aliphatic heterocycles. The van der Waals surface area contributed by atoms with Gasteiger partial charge in [-0.3, -0.25) is 0 Å². The summed E-state index contributed by atoms with van der Waals surface area (Å²) in [6, 6.07) is 2.42. The molecule has 6 heteroatoms. The molecule has 1 aromatic heterocycles. The smallest absolute Gasteiger partial charge is 0.250 e. The summed E-state index contributed by atoms with van der Waals surface area (Å²) < 4.78 is 27.8. The summed E-state index contributed by atoms with van der Waals surface area (Å²) in [6.45, 7) is 9.67. The van der Waals surface area contributed by atoms with Crippen LogP contribution in [0.15, 0.2) is 15.7 Å². The van der Waals surface area contributed by atoms with Crippen LogP contribution in [0.4, 0.5) is 0 Å². The fourth-order valence-corrected chi connectivity index (χ4v) is 4.13. The van der Waals surface area contributed by atoms with Crippen molar-refractivity contribution in [2.75, 3.05) is 6.54 Å². The Morgan fingerprint density at radius 3 is 2.62 bits per heavy atom. The third-order valence-corrected chi connectivity index (χ3v) is 7.04. The van der Waals surface area contributed by atoms with Gasteiger partial charge < -0.3 is 5.32 Å². The summed E-state index contributed by atoms with van der Waals surface area (Å²) in [5, 5.41) is 5.33. The van der Waals surface area contributed by atoms with E-state index in [1.807, 2.05) is 5.38 Å². The Kier molecular flexibility index (Phi) is 5.13. The lowest BCUT2D eigenvalue weighted by molar-refractivity contribution is 0.263. The van der Waals surface area contributed by atoms with Crippen molar-refractivity contribution in [1.29, 1.82) is 0 Å². The number of hydrogen-bond acceptors (Lipinski definition) is 4. The predicted octanol–water partition coefficient (Wildman–Crippen LogP) is 2.96. The third kappa shape index (κ3) is 5.06. The van der Waals surface area contributed by atoms with Gasteiger partial charge in [0.1, 0.15) is 4.21 Å². The van der Waals surface area contributed by atoms with Gasteiger partial charge in [-0.15, -0.1) is 11.3 Å². The molecule has 1 atom stereocenters. The average molecular weight is 331 g/mol. The molecule has 0 amide bonds. The number of rotatable bonds is 7. The zero-order valence-electron chi connectivity index (χ0n) is 13.3. The fraction of sp³-hybridized carbons (Fsp3) is 0.733. The van der Waals surface area contributed by atoms with Crippen LogP contribution in [0.3, 0.4) is 0 Å². The van der Waals surface area contributed by atoms with Gasteiger partial charge in [0.15, 0.2) is 0 Å². The molecule has 1 heterocycles. The van der Waals surface area contributed by atoms with Crippen molar-refractivity contribution in [3.8, 4) is 0 Å². The highest BCUT2D eigenvalue weighted by molar-refractivity contribution is 7.91. The van der Waals surface area contributed by atoms with Crippen molar-refractivity contribution in [2.45, 2.75) is 57.3 Å². The van der Waals surface area contributed by atoms with E-state index in [1.54, 1.807) is 6.07 Å². The van der Waals surface area contributed by atoms with Crippen molar-refractivity contribution in [3.63, 3.8) is 0 Å². The maximum Gasteiger partial charge on any atom is 0.250 e. The molecule has 2 N–H and O–H groups in total. The van der Waals surface area contributed by atoms with Gasteiger partial charge in [-0.25, -0.2) is 13.1 Å². The molecule has 4 nitrogen and oxygen atoms in total. The van der Waals surface area contributed by atoms with E-state index in [2.05, 4.69) is 37.7 Å². The minimum atomic E-state index is -3.38. The number of nitrogens with one attached hydrogen (secondary N) is 2. The van der Waals surface area contributed by atoms with Crippen molar-refractivity contribution in [2.24, 2.45) is 11.3 Å². The summed E-state index contributed by atoms with van der Waals surface area (Å²) in [6.07, 6.45) is 2.48. The van der Waals surface area contributed by atoms with E-state index in [4.69, 9.17) is 0 Å². The molecule has 1 aliphatic carbocycles. The molecule has 1 unspecified atom stereocenters. The molecule has 1 saturated carbocycles. The second kappa shape index (κ2) is 6.36. The van der Waals surface area contributed by atoms with Crippen molar-refractivity contribution in [3.05, 3.63) is 17.0 Å². The Balaban J connectivity index is 1.92. The highest BCUT2D eigenvalue weighted by Gasteiger charge is 2.24. The zero-order valence-corrected chi connectivity index (χ0v) is 14.9. The van der Waals surface area contributed by atoms with Gasteiger partial charge in [-0.1, -0.05) is 27.7 Å². The Morgan fingerprint density at radius 1 is 1.38 bits per heavy atom. The molecule has 1 aromatic rings. The van der Waals surface area contributed by atoms with E-state index in [9.17, 15) is 8.42 Å². The van der Waals surface area contributed by atoms with Crippen LogP contribution >= 0.6 is 11.3 Å². The summed E-state index contributed by atoms with van der Waals surface area (Å²) in [4.78, 5) is 0. The lowest BCUT2D eigenvalue weighted by Crippen LogP contribution is -2.33. The highest BCUT2D eigenvalue weighted by Crippen LogP contribution is 2.26. The molecule has 0 radical (unpaired) electrons. The van der Waals surface area contributed by atoms with Gasteiger partial charge >= 0.3 is 0 Å². The van der Waals surface area contributed by atoms with Crippen LogP contribution < -0.4 is 10.0 Å². The average Bonchev–Trinajstić information content (AvgIpc) is 3.08. The molecule has 2 rings (SSSR count). The van der Waals surface area contributed by atoms with Crippen LogP contribution in [-0.4, -0.2) is 21.0 Å². The maximum atomic E-state index is 12.3. The molecule has 0 saturated heterocycles. The summed E-state index contributed by atoms with van der Waals surface area (Å²) in [5.41, 5.74) is 1.15. The molecular formula is C15H26N2O2S2. The standard InChI is InChI=1S/C15H26N2O2S2/c1-11(15(2,3)4)8-17-21(18,19)14-7-12(10-20-14)9-16-13-5-6-13/h7,10-11,13,16-17H,5-6,8-9H2,1-4H3. The summed E-state index contributed by atoms with van der Waals surface area (Å²) in [7, 11) is -3.38. The number of sulfonamides is 1. The van der Waals surface area contributed by atoms with Crippen molar-refractivity contribution < 1.29 is 8.42 Å². The molecule has 1 fully saturated rings. The van der Waals surface area contributed by atoms with Crippen LogP contribution in [-0.2, 0) is 16.6 Å². The van der Waals surface area contributed by atoms with E-state index in [-0.39, 0.29) is 11.3 Å². The Hall–Kier alpha value is -0.430. The number of hydrogen-bond donors (Lipinski definition) is 2. The van der Waals surface area contributed by atoms with E-state index in [0.29, 0.717) is 16.8 Å². The molecule has 0 bridgehead atoms. The lowest BCUT2D eigenvalue weighted by Gasteiger charge is -2.27. The van der Waals surface area contributed by atoms with E-state index in [1.165, 1.54) is 24.2 Å². The van der Waals surface area contributed by atoms with Crippen LogP contribution in [0.2, 0.25) is 0 Å². The highest BCUT2D eigenvalue weighted by atomic mass is 32.2. The predicted molar refractivity (Wildman–Crippen MR) is 88.0 cm³/mol. The summed E-state index contributed by atoms with van der Waals surface area (Å²) >= 11 is 1.30. The Bertz CT molecular complexity index is 569. The normalized spacial score (nSPS) is 17.9. The van der Waals surface area contributed by atoms with Crippen molar-refractivity contribution in [1.82, 2.24) is 10.0 Å². The molecule has 120 valence electrons. The largest absolute Gasteiger partial charge is 0.310 e. The van der Waals surface area contributed by atoms with Gasteiger partial charge in [-0.2, -0.15) is 0 Å². The Morgan fingerprint density at radius 2 is 2.05 bits per heavy atom. The zero-order chi connectivity index (χ0) is 15.7. The first-order valence-electron chi connectivity index (χ1n) is 7.49. The van der Waals surface area contributed by atoms with E-state index >= 15 is 0 Å². The first-order chi connectivity index (χ1) is 9.68. The van der Waals surface area contributed by atoms with Gasteiger partial charge in [0, 0.05) is 19.1 Å². The van der Waals surface area contributed by atoms with Crippen molar-refractivity contribution >= 4 is 21.4 Å². The van der Waals surface area contributed by atoms with Crippen LogP contribution in [0.25, 0.3) is 0 Å². The molecule has 21 heavy (non-hydrogen) atoms. The van der Waals surface area contributed by atoms with E-state index in [0.717, 1.165) is 12.1 Å². The number of thiophene rings is 1. The maximum absolute atomic E-state index is 12.3. The van der Waals surface area contributed by atoms with Crippen LogP contribution in [0, 0.1) is 11.3 Å². The van der Waals surface area contributed by atoms with Gasteiger partial charge in [-0.05, 0) is 41.2 Å². The monoisotopic (exact) mass is 330 g/mol. The fourth-order valence-electron chi connectivity index (χ4n) is 1.75. The Labute approximate surface area is 132 Å². The summed E-state index contributed by atoms with van der Waals surface area (Å²) in [5.74, 6) is 0.281. The van der Waals surface area contributed by atoms with E-state index < -0.39 is 10.0 Å².